The van der Waals surface area contributed by atoms with E-state index < -0.39 is 0 Å². The second-order valence-electron chi connectivity index (χ2n) is 5.75. The zero-order valence-corrected chi connectivity index (χ0v) is 11.4. The summed E-state index contributed by atoms with van der Waals surface area (Å²) < 4.78 is 0. The summed E-state index contributed by atoms with van der Waals surface area (Å²) in [5, 5.41) is 0. The topological polar surface area (TPSA) is 32.5 Å². The van der Waals surface area contributed by atoms with Crippen molar-refractivity contribution in [3.05, 3.63) is 0 Å². The molecule has 1 aliphatic heterocycles. The summed E-state index contributed by atoms with van der Waals surface area (Å²) in [5.74, 6) is 1.49. The van der Waals surface area contributed by atoms with Crippen LogP contribution in [0.15, 0.2) is 0 Å². The molecule has 0 saturated carbocycles. The summed E-state index contributed by atoms with van der Waals surface area (Å²) in [4.78, 5) is 4.98. The van der Waals surface area contributed by atoms with Gasteiger partial charge in [-0.3, -0.25) is 0 Å². The van der Waals surface area contributed by atoms with Crippen molar-refractivity contribution >= 4 is 0 Å². The summed E-state index contributed by atoms with van der Waals surface area (Å²) in [6, 6.07) is 0.743. The van der Waals surface area contributed by atoms with Gasteiger partial charge in [0.25, 0.3) is 0 Å². The second kappa shape index (κ2) is 6.58. The van der Waals surface area contributed by atoms with Crippen molar-refractivity contribution in [2.75, 3.05) is 40.3 Å². The highest BCUT2D eigenvalue weighted by molar-refractivity contribution is 4.86. The van der Waals surface area contributed by atoms with Crippen LogP contribution in [0.1, 0.15) is 26.7 Å². The first-order chi connectivity index (χ1) is 7.54. The van der Waals surface area contributed by atoms with Crippen molar-refractivity contribution in [1.82, 2.24) is 9.80 Å². The summed E-state index contributed by atoms with van der Waals surface area (Å²) in [6.07, 6.45) is 2.57. The first-order valence-electron chi connectivity index (χ1n) is 6.63. The molecule has 0 aromatic carbocycles. The van der Waals surface area contributed by atoms with Crippen molar-refractivity contribution in [3.63, 3.8) is 0 Å². The molecule has 1 rings (SSSR count). The minimum absolute atomic E-state index is 0.685. The maximum absolute atomic E-state index is 5.63. The Hall–Kier alpha value is -0.120. The lowest BCUT2D eigenvalue weighted by atomic mass is 10.1. The van der Waals surface area contributed by atoms with E-state index in [-0.39, 0.29) is 0 Å². The Labute approximate surface area is 101 Å². The normalized spacial score (nSPS) is 28.9. The largest absolute Gasteiger partial charge is 0.330 e. The Kier molecular flexibility index (Phi) is 5.73. The van der Waals surface area contributed by atoms with Gasteiger partial charge in [-0.05, 0) is 51.9 Å². The third-order valence-corrected chi connectivity index (χ3v) is 3.89. The number of hydrogen-bond donors (Lipinski definition) is 1. The average Bonchev–Trinajstić information content (AvgIpc) is 2.59. The van der Waals surface area contributed by atoms with Gasteiger partial charge in [0.15, 0.2) is 0 Å². The van der Waals surface area contributed by atoms with Crippen molar-refractivity contribution in [2.45, 2.75) is 32.7 Å². The summed E-state index contributed by atoms with van der Waals surface area (Å²) in [7, 11) is 4.39. The number of likely N-dealkylation sites (N-methyl/N-ethyl adjacent to an activating group) is 1. The van der Waals surface area contributed by atoms with Gasteiger partial charge in [0.2, 0.25) is 0 Å². The molecule has 3 atom stereocenters. The molecule has 1 aliphatic rings. The predicted molar refractivity (Wildman–Crippen MR) is 70.5 cm³/mol. The molecule has 0 amide bonds. The molecule has 1 heterocycles. The zero-order chi connectivity index (χ0) is 12.1. The predicted octanol–water partition coefficient (Wildman–Crippen LogP) is 1.24. The van der Waals surface area contributed by atoms with Crippen LogP contribution in [0.2, 0.25) is 0 Å². The molecule has 1 fully saturated rings. The Balaban J connectivity index is 2.20. The minimum atomic E-state index is 0.685. The Morgan fingerprint density at radius 2 is 2.06 bits per heavy atom. The van der Waals surface area contributed by atoms with Crippen LogP contribution in [-0.4, -0.2) is 56.1 Å². The quantitative estimate of drug-likeness (QED) is 0.741. The Morgan fingerprint density at radius 1 is 1.38 bits per heavy atom. The van der Waals surface area contributed by atoms with E-state index in [0.717, 1.165) is 18.5 Å². The van der Waals surface area contributed by atoms with E-state index >= 15 is 0 Å². The first kappa shape index (κ1) is 13.9. The van der Waals surface area contributed by atoms with Gasteiger partial charge in [-0.2, -0.15) is 0 Å². The third kappa shape index (κ3) is 4.04. The van der Waals surface area contributed by atoms with Crippen LogP contribution >= 0.6 is 0 Å². The van der Waals surface area contributed by atoms with Gasteiger partial charge in [0.1, 0.15) is 0 Å². The van der Waals surface area contributed by atoms with Crippen LogP contribution in [-0.2, 0) is 0 Å². The van der Waals surface area contributed by atoms with Gasteiger partial charge in [0, 0.05) is 19.1 Å². The molecule has 3 unspecified atom stereocenters. The molecule has 0 aromatic rings. The van der Waals surface area contributed by atoms with Gasteiger partial charge in [-0.1, -0.05) is 13.8 Å². The second-order valence-corrected chi connectivity index (χ2v) is 5.75. The summed E-state index contributed by atoms with van der Waals surface area (Å²) in [5.41, 5.74) is 5.63. The summed E-state index contributed by atoms with van der Waals surface area (Å²) >= 11 is 0. The highest BCUT2D eigenvalue weighted by Crippen LogP contribution is 2.20. The number of rotatable bonds is 6. The molecule has 0 spiro atoms. The van der Waals surface area contributed by atoms with Crippen LogP contribution < -0.4 is 5.73 Å². The molecule has 16 heavy (non-hydrogen) atoms. The Morgan fingerprint density at radius 3 is 2.56 bits per heavy atom. The number of nitrogens with zero attached hydrogens (tertiary/aromatic N) is 2. The third-order valence-electron chi connectivity index (χ3n) is 3.89. The Bertz CT molecular complexity index is 194. The molecule has 96 valence electrons. The van der Waals surface area contributed by atoms with Crippen LogP contribution in [0.25, 0.3) is 0 Å². The number of nitrogens with two attached hydrogens (primary N) is 1. The standard InChI is InChI=1S/C13H29N3/c1-11(8-14)6-5-7-16-9-12(2)13(10-16)15(3)4/h11-13H,5-10,14H2,1-4H3. The monoisotopic (exact) mass is 227 g/mol. The van der Waals surface area contributed by atoms with E-state index in [1.54, 1.807) is 0 Å². The maximum Gasteiger partial charge on any atom is 0.0254 e. The van der Waals surface area contributed by atoms with E-state index in [2.05, 4.69) is 37.7 Å². The molecule has 3 nitrogen and oxygen atoms in total. The van der Waals surface area contributed by atoms with E-state index in [1.165, 1.54) is 32.5 Å². The summed E-state index contributed by atoms with van der Waals surface area (Å²) in [6.45, 7) is 9.20. The molecule has 0 bridgehead atoms. The smallest absolute Gasteiger partial charge is 0.0254 e. The molecular formula is C13H29N3. The highest BCUT2D eigenvalue weighted by atomic mass is 15.2. The van der Waals surface area contributed by atoms with E-state index in [9.17, 15) is 0 Å². The fourth-order valence-electron chi connectivity index (χ4n) is 2.68. The van der Waals surface area contributed by atoms with Gasteiger partial charge in [0.05, 0.1) is 0 Å². The van der Waals surface area contributed by atoms with Crippen LogP contribution in [0.5, 0.6) is 0 Å². The fraction of sp³-hybridized carbons (Fsp3) is 1.00. The molecule has 0 aliphatic carbocycles. The molecule has 0 radical (unpaired) electrons. The number of likely N-dealkylation sites (tertiary alicyclic amines) is 1. The lowest BCUT2D eigenvalue weighted by Gasteiger charge is -2.22. The fourth-order valence-corrected chi connectivity index (χ4v) is 2.68. The van der Waals surface area contributed by atoms with Crippen LogP contribution in [0, 0.1) is 11.8 Å². The van der Waals surface area contributed by atoms with Gasteiger partial charge in [-0.15, -0.1) is 0 Å². The lowest BCUT2D eigenvalue weighted by molar-refractivity contribution is 0.250. The molecule has 1 saturated heterocycles. The molecule has 2 N–H and O–H groups in total. The molecular weight excluding hydrogens is 198 g/mol. The minimum Gasteiger partial charge on any atom is -0.330 e. The van der Waals surface area contributed by atoms with Crippen molar-refractivity contribution < 1.29 is 0 Å². The highest BCUT2D eigenvalue weighted by Gasteiger charge is 2.30. The van der Waals surface area contributed by atoms with E-state index in [0.29, 0.717) is 5.92 Å². The zero-order valence-electron chi connectivity index (χ0n) is 11.4. The van der Waals surface area contributed by atoms with E-state index in [1.807, 2.05) is 0 Å². The van der Waals surface area contributed by atoms with Crippen molar-refractivity contribution in [3.8, 4) is 0 Å². The van der Waals surface area contributed by atoms with Gasteiger partial charge < -0.3 is 15.5 Å². The van der Waals surface area contributed by atoms with Crippen LogP contribution in [0.4, 0.5) is 0 Å². The number of hydrogen-bond acceptors (Lipinski definition) is 3. The lowest BCUT2D eigenvalue weighted by Crippen LogP contribution is -2.34. The average molecular weight is 227 g/mol. The van der Waals surface area contributed by atoms with Crippen LogP contribution in [0.3, 0.4) is 0 Å². The first-order valence-corrected chi connectivity index (χ1v) is 6.63. The maximum atomic E-state index is 5.63. The molecule has 0 aromatic heterocycles. The SMILES string of the molecule is CC(CN)CCCN1CC(C)C(N(C)C)C1. The molecule has 3 heteroatoms. The van der Waals surface area contributed by atoms with Crippen molar-refractivity contribution in [1.29, 1.82) is 0 Å². The van der Waals surface area contributed by atoms with Gasteiger partial charge >= 0.3 is 0 Å². The van der Waals surface area contributed by atoms with Gasteiger partial charge in [-0.25, -0.2) is 0 Å². The van der Waals surface area contributed by atoms with E-state index in [4.69, 9.17) is 5.73 Å². The van der Waals surface area contributed by atoms with Crippen molar-refractivity contribution in [2.24, 2.45) is 17.6 Å².